The van der Waals surface area contributed by atoms with Crippen LogP contribution in [0.5, 0.6) is 0 Å². The zero-order chi connectivity index (χ0) is 23.2. The lowest BCUT2D eigenvalue weighted by Crippen LogP contribution is -2.49. The van der Waals surface area contributed by atoms with Gasteiger partial charge < -0.3 is 19.6 Å². The van der Waals surface area contributed by atoms with Crippen LogP contribution >= 0.6 is 23.2 Å². The van der Waals surface area contributed by atoms with Crippen LogP contribution in [0, 0.1) is 0 Å². The van der Waals surface area contributed by atoms with E-state index in [1.807, 2.05) is 58.3 Å². The first-order valence-corrected chi connectivity index (χ1v) is 12.3. The molecular formula is C25H30Cl2N4O2. The second kappa shape index (κ2) is 11.1. The van der Waals surface area contributed by atoms with Gasteiger partial charge in [-0.2, -0.15) is 0 Å². The maximum atomic E-state index is 12.6. The molecule has 2 aromatic rings. The summed E-state index contributed by atoms with van der Waals surface area (Å²) >= 11 is 11.9. The van der Waals surface area contributed by atoms with Gasteiger partial charge >= 0.3 is 0 Å². The quantitative estimate of drug-likeness (QED) is 0.612. The number of benzene rings is 2. The summed E-state index contributed by atoms with van der Waals surface area (Å²) in [6.07, 6.45) is 1.46. The number of anilines is 2. The molecule has 0 atom stereocenters. The number of amides is 2. The van der Waals surface area contributed by atoms with Crippen LogP contribution < -0.4 is 9.80 Å². The van der Waals surface area contributed by atoms with Crippen molar-refractivity contribution in [2.75, 3.05) is 62.2 Å². The van der Waals surface area contributed by atoms with Crippen LogP contribution in [-0.2, 0) is 9.59 Å². The van der Waals surface area contributed by atoms with Crippen molar-refractivity contribution in [1.29, 1.82) is 0 Å². The third-order valence-electron chi connectivity index (χ3n) is 6.43. The molecule has 2 heterocycles. The summed E-state index contributed by atoms with van der Waals surface area (Å²) in [5.74, 6) is 0.289. The fraction of sp³-hybridized carbons (Fsp3) is 0.440. The summed E-state index contributed by atoms with van der Waals surface area (Å²) < 4.78 is 0. The average molecular weight is 489 g/mol. The lowest BCUT2D eigenvalue weighted by molar-refractivity contribution is -0.133. The van der Waals surface area contributed by atoms with Crippen molar-refractivity contribution in [3.05, 3.63) is 58.6 Å². The smallest absolute Gasteiger partial charge is 0.222 e. The second-order valence-corrected chi connectivity index (χ2v) is 9.41. The fourth-order valence-electron chi connectivity index (χ4n) is 4.44. The van der Waals surface area contributed by atoms with Crippen LogP contribution in [0.1, 0.15) is 19.3 Å². The van der Waals surface area contributed by atoms with E-state index in [-0.39, 0.29) is 11.8 Å². The van der Waals surface area contributed by atoms with Crippen molar-refractivity contribution in [2.45, 2.75) is 19.3 Å². The molecule has 33 heavy (non-hydrogen) atoms. The largest absolute Gasteiger partial charge is 0.368 e. The third kappa shape index (κ3) is 6.33. The van der Waals surface area contributed by atoms with Crippen molar-refractivity contribution < 1.29 is 9.59 Å². The maximum Gasteiger partial charge on any atom is 0.222 e. The van der Waals surface area contributed by atoms with Crippen LogP contribution in [-0.4, -0.2) is 74.0 Å². The topological polar surface area (TPSA) is 47.1 Å². The van der Waals surface area contributed by atoms with Gasteiger partial charge in [-0.1, -0.05) is 23.2 Å². The van der Waals surface area contributed by atoms with E-state index in [1.165, 1.54) is 0 Å². The monoisotopic (exact) mass is 488 g/mol. The molecule has 2 fully saturated rings. The van der Waals surface area contributed by atoms with Gasteiger partial charge in [-0.05, 0) is 55.0 Å². The van der Waals surface area contributed by atoms with Gasteiger partial charge in [-0.15, -0.1) is 0 Å². The molecule has 2 amide bonds. The van der Waals surface area contributed by atoms with E-state index in [1.54, 1.807) is 0 Å². The first-order valence-electron chi connectivity index (χ1n) is 11.6. The minimum atomic E-state index is 0.145. The van der Waals surface area contributed by atoms with Crippen LogP contribution in [0.2, 0.25) is 10.0 Å². The van der Waals surface area contributed by atoms with Crippen LogP contribution in [0.15, 0.2) is 48.5 Å². The predicted octanol–water partition coefficient (Wildman–Crippen LogP) is 4.16. The third-order valence-corrected chi connectivity index (χ3v) is 6.93. The number of carbonyl (C=O) groups is 2. The summed E-state index contributed by atoms with van der Waals surface area (Å²) in [4.78, 5) is 33.6. The summed E-state index contributed by atoms with van der Waals surface area (Å²) in [5, 5.41) is 1.45. The second-order valence-electron chi connectivity index (χ2n) is 8.54. The summed E-state index contributed by atoms with van der Waals surface area (Å²) in [5.41, 5.74) is 2.27. The van der Waals surface area contributed by atoms with Crippen molar-refractivity contribution in [3.8, 4) is 0 Å². The van der Waals surface area contributed by atoms with Gasteiger partial charge in [0.1, 0.15) is 0 Å². The first kappa shape index (κ1) is 23.7. The fourth-order valence-corrected chi connectivity index (χ4v) is 4.69. The minimum Gasteiger partial charge on any atom is -0.368 e. The normalized spacial score (nSPS) is 16.8. The Morgan fingerprint density at radius 3 is 1.24 bits per heavy atom. The van der Waals surface area contributed by atoms with Crippen molar-refractivity contribution in [3.63, 3.8) is 0 Å². The molecule has 0 radical (unpaired) electrons. The van der Waals surface area contributed by atoms with E-state index in [4.69, 9.17) is 23.2 Å². The Labute approximate surface area is 205 Å². The molecule has 2 aromatic carbocycles. The number of halogens is 2. The molecule has 2 aliphatic rings. The van der Waals surface area contributed by atoms with Crippen LogP contribution in [0.3, 0.4) is 0 Å². The lowest BCUT2D eigenvalue weighted by Gasteiger charge is -2.36. The first-order chi connectivity index (χ1) is 16.0. The molecule has 0 spiro atoms. The van der Waals surface area contributed by atoms with Crippen LogP contribution in [0.25, 0.3) is 0 Å². The molecule has 8 heteroatoms. The Kier molecular flexibility index (Phi) is 7.99. The molecule has 0 saturated carbocycles. The molecule has 0 bridgehead atoms. The maximum absolute atomic E-state index is 12.6. The molecule has 0 aliphatic carbocycles. The zero-order valence-electron chi connectivity index (χ0n) is 18.8. The number of piperazine rings is 2. The molecule has 2 aliphatic heterocycles. The van der Waals surface area contributed by atoms with Crippen molar-refractivity contribution >= 4 is 46.4 Å². The number of hydrogen-bond donors (Lipinski definition) is 0. The number of rotatable bonds is 6. The van der Waals surface area contributed by atoms with E-state index in [2.05, 4.69) is 9.80 Å². The molecular weight excluding hydrogens is 459 g/mol. The van der Waals surface area contributed by atoms with Gasteiger partial charge in [0.25, 0.3) is 0 Å². The van der Waals surface area contributed by atoms with E-state index in [0.29, 0.717) is 45.4 Å². The van der Waals surface area contributed by atoms with Gasteiger partial charge in [0, 0.05) is 86.6 Å². The molecule has 176 valence electrons. The van der Waals surface area contributed by atoms with Crippen molar-refractivity contribution in [2.24, 2.45) is 0 Å². The van der Waals surface area contributed by atoms with Gasteiger partial charge in [0.05, 0.1) is 0 Å². The summed E-state index contributed by atoms with van der Waals surface area (Å²) in [7, 11) is 0. The van der Waals surface area contributed by atoms with Crippen molar-refractivity contribution in [1.82, 2.24) is 9.80 Å². The lowest BCUT2D eigenvalue weighted by atomic mass is 10.1. The van der Waals surface area contributed by atoms with E-state index in [0.717, 1.165) is 47.6 Å². The van der Waals surface area contributed by atoms with E-state index < -0.39 is 0 Å². The highest BCUT2D eigenvalue weighted by Crippen LogP contribution is 2.21. The Balaban J connectivity index is 1.14. The summed E-state index contributed by atoms with van der Waals surface area (Å²) in [6, 6.07) is 15.6. The number of carbonyl (C=O) groups excluding carboxylic acids is 2. The average Bonchev–Trinajstić information content (AvgIpc) is 2.85. The van der Waals surface area contributed by atoms with Crippen LogP contribution in [0.4, 0.5) is 11.4 Å². The molecule has 0 aromatic heterocycles. The Bertz CT molecular complexity index is 858. The molecule has 2 saturated heterocycles. The van der Waals surface area contributed by atoms with Gasteiger partial charge in [0.15, 0.2) is 0 Å². The molecule has 6 nitrogen and oxygen atoms in total. The highest BCUT2D eigenvalue weighted by atomic mass is 35.5. The predicted molar refractivity (Wildman–Crippen MR) is 134 cm³/mol. The van der Waals surface area contributed by atoms with E-state index >= 15 is 0 Å². The van der Waals surface area contributed by atoms with E-state index in [9.17, 15) is 9.59 Å². The standard InChI is InChI=1S/C25H30Cl2N4O2/c26-20-4-8-22(9-5-20)28-12-16-30(17-13-28)24(32)2-1-3-25(33)31-18-14-29(15-19-31)23-10-6-21(27)7-11-23/h4-11H,1-3,12-19H2. The van der Waals surface area contributed by atoms with Gasteiger partial charge in [0.2, 0.25) is 11.8 Å². The molecule has 0 N–H and O–H groups in total. The number of nitrogens with zero attached hydrogens (tertiary/aromatic N) is 4. The van der Waals surface area contributed by atoms with Gasteiger partial charge in [-0.25, -0.2) is 0 Å². The highest BCUT2D eigenvalue weighted by Gasteiger charge is 2.23. The summed E-state index contributed by atoms with van der Waals surface area (Å²) in [6.45, 7) is 6.08. The van der Waals surface area contributed by atoms with Gasteiger partial charge in [-0.3, -0.25) is 9.59 Å². The molecule has 0 unspecified atom stereocenters. The highest BCUT2D eigenvalue weighted by molar-refractivity contribution is 6.30. The molecule has 4 rings (SSSR count). The number of hydrogen-bond acceptors (Lipinski definition) is 4. The zero-order valence-corrected chi connectivity index (χ0v) is 20.3. The SMILES string of the molecule is O=C(CCCC(=O)N1CCN(c2ccc(Cl)cc2)CC1)N1CCN(c2ccc(Cl)cc2)CC1. The Morgan fingerprint density at radius 1 is 0.576 bits per heavy atom. The Hall–Kier alpha value is -2.44. The minimum absolute atomic E-state index is 0.145. The Morgan fingerprint density at radius 2 is 0.909 bits per heavy atom.